The number of hydrogen-bond donors (Lipinski definition) is 1. The van der Waals surface area contributed by atoms with Crippen molar-refractivity contribution in [2.24, 2.45) is 0 Å². The van der Waals surface area contributed by atoms with Gasteiger partial charge in [-0.15, -0.1) is 24.0 Å². The van der Waals surface area contributed by atoms with Crippen molar-refractivity contribution >= 4 is 50.0 Å². The van der Waals surface area contributed by atoms with Gasteiger partial charge in [-0.25, -0.2) is 4.39 Å². The predicted octanol–water partition coefficient (Wildman–Crippen LogP) is 4.09. The molecule has 0 saturated heterocycles. The summed E-state index contributed by atoms with van der Waals surface area (Å²) in [5.74, 6) is -0.224. The average Bonchev–Trinajstić information content (AvgIpc) is 2.35. The van der Waals surface area contributed by atoms with Gasteiger partial charge in [0.05, 0.1) is 4.47 Å². The molecule has 1 aromatic carbocycles. The first-order valence-electron chi connectivity index (χ1n) is 3.23. The molecule has 1 heterocycles. The fourth-order valence-corrected chi connectivity index (χ4v) is 2.60. The summed E-state index contributed by atoms with van der Waals surface area (Å²) in [6.45, 7) is 0. The van der Waals surface area contributed by atoms with Gasteiger partial charge >= 0.3 is 0 Å². The lowest BCUT2D eigenvalue weighted by Gasteiger charge is -1.94. The van der Waals surface area contributed by atoms with Crippen LogP contribution in [-0.4, -0.2) is 0 Å². The zero-order valence-electron chi connectivity index (χ0n) is 5.84. The Balaban J connectivity index is 2.87. The van der Waals surface area contributed by atoms with E-state index in [2.05, 4.69) is 28.6 Å². The molecule has 4 heteroatoms. The minimum atomic E-state index is -0.224. The number of thiol groups is 1. The van der Waals surface area contributed by atoms with E-state index in [1.807, 2.05) is 5.38 Å². The molecule has 0 N–H and O–H groups in total. The van der Waals surface area contributed by atoms with Gasteiger partial charge in [0.25, 0.3) is 0 Å². The van der Waals surface area contributed by atoms with E-state index in [1.54, 1.807) is 6.07 Å². The molecule has 0 bridgehead atoms. The van der Waals surface area contributed by atoms with Crippen LogP contribution in [0.1, 0.15) is 0 Å². The summed E-state index contributed by atoms with van der Waals surface area (Å²) in [5.41, 5.74) is 0. The summed E-state index contributed by atoms with van der Waals surface area (Å²) in [5, 5.41) is 2.90. The molecule has 0 fully saturated rings. The van der Waals surface area contributed by atoms with E-state index in [0.717, 1.165) is 15.0 Å². The zero-order chi connectivity index (χ0) is 8.72. The van der Waals surface area contributed by atoms with E-state index in [9.17, 15) is 4.39 Å². The number of fused-ring (bicyclic) bond motifs is 1. The molecule has 2 rings (SSSR count). The Morgan fingerprint density at radius 3 is 2.92 bits per heavy atom. The van der Waals surface area contributed by atoms with Crippen LogP contribution in [0.25, 0.3) is 10.1 Å². The second-order valence-electron chi connectivity index (χ2n) is 2.38. The monoisotopic (exact) mass is 262 g/mol. The van der Waals surface area contributed by atoms with Crippen LogP contribution in [0.5, 0.6) is 0 Å². The molecule has 62 valence electrons. The predicted molar refractivity (Wildman–Crippen MR) is 56.7 cm³/mol. The maximum absolute atomic E-state index is 13.0. The molecule has 1 aromatic heterocycles. The van der Waals surface area contributed by atoms with Crippen molar-refractivity contribution in [1.82, 2.24) is 0 Å². The molecular formula is C8H4BrFS2. The largest absolute Gasteiger partial charge is 0.206 e. The highest BCUT2D eigenvalue weighted by Crippen LogP contribution is 2.32. The van der Waals surface area contributed by atoms with E-state index in [4.69, 9.17) is 0 Å². The Morgan fingerprint density at radius 2 is 2.17 bits per heavy atom. The molecule has 0 amide bonds. The first-order chi connectivity index (χ1) is 5.68. The SMILES string of the molecule is Fc1cc2scc(S)c2cc1Br. The van der Waals surface area contributed by atoms with Gasteiger partial charge in [0.1, 0.15) is 5.82 Å². The van der Waals surface area contributed by atoms with Crippen molar-refractivity contribution in [2.45, 2.75) is 4.90 Å². The van der Waals surface area contributed by atoms with Crippen LogP contribution >= 0.6 is 39.9 Å². The first-order valence-corrected chi connectivity index (χ1v) is 5.35. The van der Waals surface area contributed by atoms with Crippen molar-refractivity contribution in [3.63, 3.8) is 0 Å². The molecule has 12 heavy (non-hydrogen) atoms. The normalized spacial score (nSPS) is 10.9. The number of hydrogen-bond acceptors (Lipinski definition) is 2. The minimum Gasteiger partial charge on any atom is -0.206 e. The molecule has 0 aliphatic carbocycles. The Hall–Kier alpha value is -0.0600. The molecule has 0 unspecified atom stereocenters. The quantitative estimate of drug-likeness (QED) is 0.680. The van der Waals surface area contributed by atoms with Crippen LogP contribution in [0, 0.1) is 5.82 Å². The summed E-state index contributed by atoms with van der Waals surface area (Å²) >= 11 is 8.88. The lowest BCUT2D eigenvalue weighted by molar-refractivity contribution is 0.623. The summed E-state index contributed by atoms with van der Waals surface area (Å²) < 4.78 is 14.4. The van der Waals surface area contributed by atoms with E-state index in [-0.39, 0.29) is 5.82 Å². The van der Waals surface area contributed by atoms with Gasteiger partial charge in [-0.1, -0.05) is 0 Å². The molecule has 2 aromatic rings. The topological polar surface area (TPSA) is 0 Å². The highest BCUT2D eigenvalue weighted by Gasteiger charge is 2.05. The number of halogens is 2. The number of thiophene rings is 1. The van der Waals surface area contributed by atoms with E-state index < -0.39 is 0 Å². The molecule has 0 aliphatic heterocycles. The van der Waals surface area contributed by atoms with Crippen LogP contribution < -0.4 is 0 Å². The second kappa shape index (κ2) is 3.01. The molecule has 0 saturated carbocycles. The minimum absolute atomic E-state index is 0.224. The average molecular weight is 263 g/mol. The van der Waals surface area contributed by atoms with Crippen LogP contribution in [0.3, 0.4) is 0 Å². The van der Waals surface area contributed by atoms with Crippen LogP contribution in [0.15, 0.2) is 26.9 Å². The molecular weight excluding hydrogens is 259 g/mol. The van der Waals surface area contributed by atoms with Gasteiger partial charge in [0.15, 0.2) is 0 Å². The Kier molecular flexibility index (Phi) is 2.14. The molecule has 0 atom stereocenters. The number of rotatable bonds is 0. The van der Waals surface area contributed by atoms with Crippen molar-refractivity contribution in [1.29, 1.82) is 0 Å². The van der Waals surface area contributed by atoms with Crippen LogP contribution in [0.2, 0.25) is 0 Å². The third kappa shape index (κ3) is 1.28. The first kappa shape index (κ1) is 8.53. The lowest BCUT2D eigenvalue weighted by atomic mass is 10.2. The van der Waals surface area contributed by atoms with E-state index in [1.165, 1.54) is 17.4 Å². The van der Waals surface area contributed by atoms with E-state index in [0.29, 0.717) is 4.47 Å². The summed E-state index contributed by atoms with van der Waals surface area (Å²) in [6.07, 6.45) is 0. The van der Waals surface area contributed by atoms with Crippen LogP contribution in [0.4, 0.5) is 4.39 Å². The lowest BCUT2D eigenvalue weighted by Crippen LogP contribution is -1.74. The van der Waals surface area contributed by atoms with Gasteiger partial charge < -0.3 is 0 Å². The highest BCUT2D eigenvalue weighted by molar-refractivity contribution is 9.10. The van der Waals surface area contributed by atoms with Crippen LogP contribution in [-0.2, 0) is 0 Å². The number of benzene rings is 1. The highest BCUT2D eigenvalue weighted by atomic mass is 79.9. The zero-order valence-corrected chi connectivity index (χ0v) is 9.14. The van der Waals surface area contributed by atoms with Gasteiger partial charge in [-0.2, -0.15) is 0 Å². The Bertz CT molecular complexity index is 436. The van der Waals surface area contributed by atoms with Crippen molar-refractivity contribution in [3.05, 3.63) is 27.8 Å². The Labute approximate surface area is 86.9 Å². The second-order valence-corrected chi connectivity index (χ2v) is 4.63. The molecule has 0 radical (unpaired) electrons. The van der Waals surface area contributed by atoms with Crippen molar-refractivity contribution in [3.8, 4) is 0 Å². The fourth-order valence-electron chi connectivity index (χ4n) is 1.01. The maximum Gasteiger partial charge on any atom is 0.138 e. The van der Waals surface area contributed by atoms with Gasteiger partial charge in [-0.05, 0) is 28.1 Å². The molecule has 0 spiro atoms. The summed E-state index contributed by atoms with van der Waals surface area (Å²) in [6, 6.07) is 3.27. The third-order valence-corrected chi connectivity index (χ3v) is 3.69. The Morgan fingerprint density at radius 1 is 1.42 bits per heavy atom. The smallest absolute Gasteiger partial charge is 0.138 e. The van der Waals surface area contributed by atoms with E-state index >= 15 is 0 Å². The molecule has 0 nitrogen and oxygen atoms in total. The van der Waals surface area contributed by atoms with Gasteiger partial charge in [0, 0.05) is 20.4 Å². The molecule has 0 aliphatic rings. The van der Waals surface area contributed by atoms with Crippen molar-refractivity contribution in [2.75, 3.05) is 0 Å². The summed E-state index contributed by atoms with van der Waals surface area (Å²) in [7, 11) is 0. The maximum atomic E-state index is 13.0. The fraction of sp³-hybridized carbons (Fsp3) is 0. The van der Waals surface area contributed by atoms with Gasteiger partial charge in [-0.3, -0.25) is 0 Å². The van der Waals surface area contributed by atoms with Crippen molar-refractivity contribution < 1.29 is 4.39 Å². The third-order valence-electron chi connectivity index (χ3n) is 1.60. The van der Waals surface area contributed by atoms with Gasteiger partial charge in [0.2, 0.25) is 0 Å². The standard InChI is InChI=1S/C8H4BrFS2/c9-5-1-4-7(11)3-12-8(4)2-6(5)10/h1-3,11H. The summed E-state index contributed by atoms with van der Waals surface area (Å²) in [4.78, 5) is 0.899.